The molecule has 5 nitrogen and oxygen atoms in total. The second-order valence-electron chi connectivity index (χ2n) is 5.25. The van der Waals surface area contributed by atoms with E-state index in [1.165, 1.54) is 6.92 Å². The largest absolute Gasteiger partial charge is 0.345 e. The van der Waals surface area contributed by atoms with Gasteiger partial charge in [-0.2, -0.15) is 0 Å². The molecule has 0 aliphatic rings. The molecule has 1 aromatic carbocycles. The summed E-state index contributed by atoms with van der Waals surface area (Å²) in [6, 6.07) is 8.47. The highest BCUT2D eigenvalue weighted by atomic mass is 16.2. The minimum absolute atomic E-state index is 0.0488. The summed E-state index contributed by atoms with van der Waals surface area (Å²) in [5.41, 5.74) is 12.3. The van der Waals surface area contributed by atoms with Gasteiger partial charge < -0.3 is 16.8 Å². The minimum Gasteiger partial charge on any atom is -0.345 e. The van der Waals surface area contributed by atoms with E-state index in [-0.39, 0.29) is 11.7 Å². The molecule has 5 N–H and O–H groups in total. The highest BCUT2D eigenvalue weighted by Gasteiger charge is 2.20. The number of unbranched alkanes of at least 4 members (excludes halogenated alkanes) is 1. The first kappa shape index (κ1) is 17.3. The molecular formula is C16H25N3O2. The minimum atomic E-state index is -0.649. The van der Waals surface area contributed by atoms with Gasteiger partial charge in [0, 0.05) is 0 Å². The van der Waals surface area contributed by atoms with Crippen LogP contribution in [-0.2, 0) is 16.0 Å². The van der Waals surface area contributed by atoms with Crippen molar-refractivity contribution in [3.8, 4) is 0 Å². The van der Waals surface area contributed by atoms with Crippen molar-refractivity contribution in [3.63, 3.8) is 0 Å². The third-order valence-corrected chi connectivity index (χ3v) is 3.39. The topological polar surface area (TPSA) is 98.2 Å². The highest BCUT2D eigenvalue weighted by molar-refractivity contribution is 5.89. The van der Waals surface area contributed by atoms with Crippen molar-refractivity contribution in [1.82, 2.24) is 5.32 Å². The van der Waals surface area contributed by atoms with E-state index in [9.17, 15) is 9.59 Å². The zero-order valence-electron chi connectivity index (χ0n) is 12.5. The first-order chi connectivity index (χ1) is 10.0. The van der Waals surface area contributed by atoms with Crippen molar-refractivity contribution in [2.75, 3.05) is 6.54 Å². The summed E-state index contributed by atoms with van der Waals surface area (Å²) < 4.78 is 0. The molecule has 0 unspecified atom stereocenters. The van der Waals surface area contributed by atoms with E-state index in [2.05, 4.69) is 5.32 Å². The van der Waals surface area contributed by atoms with Crippen LogP contribution in [0.5, 0.6) is 0 Å². The lowest BCUT2D eigenvalue weighted by atomic mass is 10.0. The van der Waals surface area contributed by atoms with Crippen molar-refractivity contribution in [2.24, 2.45) is 11.5 Å². The lowest BCUT2D eigenvalue weighted by molar-refractivity contribution is -0.127. The summed E-state index contributed by atoms with van der Waals surface area (Å²) in [7, 11) is 0. The number of hydrogen-bond donors (Lipinski definition) is 3. The van der Waals surface area contributed by atoms with E-state index in [1.807, 2.05) is 30.3 Å². The Morgan fingerprint density at radius 1 is 1.19 bits per heavy atom. The van der Waals surface area contributed by atoms with Gasteiger partial charge in [0.15, 0.2) is 5.78 Å². The predicted octanol–water partition coefficient (Wildman–Crippen LogP) is 0.759. The van der Waals surface area contributed by atoms with Crippen LogP contribution < -0.4 is 16.8 Å². The van der Waals surface area contributed by atoms with Gasteiger partial charge >= 0.3 is 0 Å². The van der Waals surface area contributed by atoms with Crippen LogP contribution in [0.25, 0.3) is 0 Å². The fourth-order valence-corrected chi connectivity index (χ4v) is 2.11. The van der Waals surface area contributed by atoms with Crippen LogP contribution in [0.15, 0.2) is 30.3 Å². The maximum absolute atomic E-state index is 12.1. The number of nitrogens with one attached hydrogen (secondary N) is 1. The Kier molecular flexibility index (Phi) is 7.64. The van der Waals surface area contributed by atoms with Gasteiger partial charge in [-0.25, -0.2) is 0 Å². The number of hydrogen-bond acceptors (Lipinski definition) is 4. The summed E-state index contributed by atoms with van der Waals surface area (Å²) in [4.78, 5) is 23.6. The summed E-state index contributed by atoms with van der Waals surface area (Å²) >= 11 is 0. The zero-order chi connectivity index (χ0) is 15.7. The number of benzene rings is 1. The van der Waals surface area contributed by atoms with Gasteiger partial charge in [-0.15, -0.1) is 0 Å². The van der Waals surface area contributed by atoms with E-state index in [4.69, 9.17) is 11.5 Å². The van der Waals surface area contributed by atoms with Crippen LogP contribution in [0.1, 0.15) is 31.7 Å². The Balaban J connectivity index is 2.50. The Hall–Kier alpha value is -1.72. The highest BCUT2D eigenvalue weighted by Crippen LogP contribution is 2.05. The maximum Gasteiger partial charge on any atom is 0.237 e. The van der Waals surface area contributed by atoms with E-state index in [1.54, 1.807) is 0 Å². The van der Waals surface area contributed by atoms with Gasteiger partial charge in [0.1, 0.15) is 0 Å². The van der Waals surface area contributed by atoms with Crippen LogP contribution in [-0.4, -0.2) is 30.3 Å². The van der Waals surface area contributed by atoms with Gasteiger partial charge in [-0.3, -0.25) is 9.59 Å². The summed E-state index contributed by atoms with van der Waals surface area (Å²) in [5.74, 6) is -0.334. The van der Waals surface area contributed by atoms with E-state index in [0.29, 0.717) is 19.4 Å². The van der Waals surface area contributed by atoms with E-state index in [0.717, 1.165) is 18.4 Å². The molecule has 1 aromatic rings. The average Bonchev–Trinajstić information content (AvgIpc) is 2.47. The van der Waals surface area contributed by atoms with Crippen LogP contribution in [0, 0.1) is 0 Å². The van der Waals surface area contributed by atoms with Gasteiger partial charge in [0.2, 0.25) is 5.91 Å². The molecule has 21 heavy (non-hydrogen) atoms. The van der Waals surface area contributed by atoms with Gasteiger partial charge in [-0.05, 0) is 44.7 Å². The molecule has 2 atom stereocenters. The second kappa shape index (κ2) is 9.26. The van der Waals surface area contributed by atoms with Crippen molar-refractivity contribution in [1.29, 1.82) is 0 Å². The molecule has 0 heterocycles. The molecule has 116 valence electrons. The van der Waals surface area contributed by atoms with Gasteiger partial charge in [0.25, 0.3) is 0 Å². The molecule has 0 aromatic heterocycles. The third-order valence-electron chi connectivity index (χ3n) is 3.39. The molecule has 1 rings (SSSR count). The number of ketones is 1. The van der Waals surface area contributed by atoms with Crippen LogP contribution in [0.3, 0.4) is 0 Å². The monoisotopic (exact) mass is 291 g/mol. The van der Waals surface area contributed by atoms with Crippen LogP contribution in [0.4, 0.5) is 0 Å². The number of rotatable bonds is 9. The Morgan fingerprint density at radius 3 is 2.43 bits per heavy atom. The van der Waals surface area contributed by atoms with Gasteiger partial charge in [-0.1, -0.05) is 30.3 Å². The fraction of sp³-hybridized carbons (Fsp3) is 0.500. The predicted molar refractivity (Wildman–Crippen MR) is 83.6 cm³/mol. The van der Waals surface area contributed by atoms with Crippen molar-refractivity contribution < 1.29 is 9.59 Å². The van der Waals surface area contributed by atoms with E-state index >= 15 is 0 Å². The number of amides is 1. The normalized spacial score (nSPS) is 13.5. The standard InChI is InChI=1S/C16H25N3O2/c1-12(20)15(9-5-6-10-17)19-16(21)14(18)11-13-7-3-2-4-8-13/h2-4,7-8,14-15H,5-6,9-11,17-18H2,1H3,(H,19,21)/t14-,15-/m0/s1. The molecule has 0 aliphatic carbocycles. The molecule has 0 spiro atoms. The quantitative estimate of drug-likeness (QED) is 0.585. The fourth-order valence-electron chi connectivity index (χ4n) is 2.11. The summed E-state index contributed by atoms with van der Waals surface area (Å²) in [6.45, 7) is 2.07. The first-order valence-corrected chi connectivity index (χ1v) is 7.35. The first-order valence-electron chi connectivity index (χ1n) is 7.35. The molecule has 0 radical (unpaired) electrons. The number of nitrogens with two attached hydrogens (primary N) is 2. The van der Waals surface area contributed by atoms with Crippen LogP contribution in [0.2, 0.25) is 0 Å². The molecule has 0 saturated heterocycles. The molecule has 0 aliphatic heterocycles. The van der Waals surface area contributed by atoms with Gasteiger partial charge in [0.05, 0.1) is 12.1 Å². The second-order valence-corrected chi connectivity index (χ2v) is 5.25. The Morgan fingerprint density at radius 2 is 1.86 bits per heavy atom. The average molecular weight is 291 g/mol. The molecule has 0 bridgehead atoms. The maximum atomic E-state index is 12.1. The Bertz CT molecular complexity index is 448. The lowest BCUT2D eigenvalue weighted by Gasteiger charge is -2.19. The number of carbonyl (C=O) groups is 2. The molecule has 5 heteroatoms. The number of Topliss-reactive ketones (excluding diaryl/α,β-unsaturated/α-hetero) is 1. The lowest BCUT2D eigenvalue weighted by Crippen LogP contribution is -2.48. The summed E-state index contributed by atoms with van der Waals surface area (Å²) in [6.07, 6.45) is 2.72. The third kappa shape index (κ3) is 6.51. The molecule has 1 amide bonds. The Labute approximate surface area is 126 Å². The summed E-state index contributed by atoms with van der Waals surface area (Å²) in [5, 5.41) is 2.74. The molecule has 0 saturated carbocycles. The number of carbonyl (C=O) groups excluding carboxylic acids is 2. The van der Waals surface area contributed by atoms with Crippen LogP contribution >= 0.6 is 0 Å². The molecule has 0 fully saturated rings. The molecular weight excluding hydrogens is 266 g/mol. The smallest absolute Gasteiger partial charge is 0.237 e. The zero-order valence-corrected chi connectivity index (χ0v) is 12.5. The SMILES string of the molecule is CC(=O)[C@H](CCCCN)NC(=O)[C@@H](N)Cc1ccccc1. The van der Waals surface area contributed by atoms with Crippen molar-refractivity contribution >= 4 is 11.7 Å². The van der Waals surface area contributed by atoms with Crippen molar-refractivity contribution in [3.05, 3.63) is 35.9 Å². The van der Waals surface area contributed by atoms with E-state index < -0.39 is 12.1 Å². The van der Waals surface area contributed by atoms with Crippen molar-refractivity contribution in [2.45, 2.75) is 44.7 Å².